The van der Waals surface area contributed by atoms with E-state index in [0.717, 1.165) is 0 Å². The lowest BCUT2D eigenvalue weighted by Gasteiger charge is -2.08. The second-order valence-corrected chi connectivity index (χ2v) is 3.23. The van der Waals surface area contributed by atoms with Crippen LogP contribution in [0.25, 0.3) is 0 Å². The molecule has 0 aliphatic heterocycles. The maximum absolute atomic E-state index is 12.0. The van der Waals surface area contributed by atoms with Crippen LogP contribution < -0.4 is 0 Å². The topological polar surface area (TPSA) is 54.4 Å². The van der Waals surface area contributed by atoms with E-state index in [-0.39, 0.29) is 0 Å². The van der Waals surface area contributed by atoms with Gasteiger partial charge in [-0.3, -0.25) is 9.00 Å². The summed E-state index contributed by atoms with van der Waals surface area (Å²) < 4.78 is 45.5. The number of carboxylic acid groups (broad SMARTS) is 1. The third-order valence-electron chi connectivity index (χ3n) is 0.743. The summed E-state index contributed by atoms with van der Waals surface area (Å²) in [6, 6.07) is 0. The SMILES string of the molecule is O=C(O)CS(=O)C(F)(F)CF. The lowest BCUT2D eigenvalue weighted by molar-refractivity contribution is -0.134. The maximum atomic E-state index is 12.0. The molecule has 3 nitrogen and oxygen atoms in total. The van der Waals surface area contributed by atoms with E-state index in [1.54, 1.807) is 0 Å². The predicted octanol–water partition coefficient (Wildman–Crippen LogP) is 0.382. The third kappa shape index (κ3) is 3.35. The highest BCUT2D eigenvalue weighted by atomic mass is 32.2. The van der Waals surface area contributed by atoms with Crippen molar-refractivity contribution in [2.75, 3.05) is 12.4 Å². The second kappa shape index (κ2) is 3.70. The Labute approximate surface area is 62.7 Å². The van der Waals surface area contributed by atoms with Crippen LogP contribution in [-0.2, 0) is 15.6 Å². The summed E-state index contributed by atoms with van der Waals surface area (Å²) in [6.07, 6.45) is 0. The summed E-state index contributed by atoms with van der Waals surface area (Å²) in [5.41, 5.74) is 0. The van der Waals surface area contributed by atoms with Gasteiger partial charge in [-0.05, 0) is 0 Å². The van der Waals surface area contributed by atoms with Crippen LogP contribution in [0.3, 0.4) is 0 Å². The highest BCUT2D eigenvalue weighted by Gasteiger charge is 2.38. The van der Waals surface area contributed by atoms with Crippen molar-refractivity contribution in [2.24, 2.45) is 0 Å². The monoisotopic (exact) mass is 190 g/mol. The van der Waals surface area contributed by atoms with E-state index in [9.17, 15) is 22.2 Å². The van der Waals surface area contributed by atoms with Crippen LogP contribution in [0.1, 0.15) is 0 Å². The predicted molar refractivity (Wildman–Crippen MR) is 31.6 cm³/mol. The first-order valence-electron chi connectivity index (χ1n) is 2.44. The van der Waals surface area contributed by atoms with E-state index in [1.807, 2.05) is 0 Å². The maximum Gasteiger partial charge on any atom is 0.349 e. The smallest absolute Gasteiger partial charge is 0.349 e. The average molecular weight is 190 g/mol. The number of rotatable bonds is 4. The van der Waals surface area contributed by atoms with Crippen molar-refractivity contribution in [3.63, 3.8) is 0 Å². The van der Waals surface area contributed by atoms with Gasteiger partial charge in [0.15, 0.2) is 6.67 Å². The summed E-state index contributed by atoms with van der Waals surface area (Å²) >= 11 is 0. The zero-order chi connectivity index (χ0) is 9.07. The van der Waals surface area contributed by atoms with E-state index in [1.165, 1.54) is 0 Å². The molecule has 0 saturated heterocycles. The fraction of sp³-hybridized carbons (Fsp3) is 0.750. The molecule has 1 N–H and O–H groups in total. The first-order chi connectivity index (χ1) is 4.90. The molecule has 1 atom stereocenters. The molecule has 0 fully saturated rings. The molecule has 0 aromatic heterocycles. The summed E-state index contributed by atoms with van der Waals surface area (Å²) in [6.45, 7) is -2.10. The minimum atomic E-state index is -4.04. The van der Waals surface area contributed by atoms with Crippen molar-refractivity contribution >= 4 is 16.8 Å². The Hall–Kier alpha value is -0.590. The van der Waals surface area contributed by atoms with E-state index < -0.39 is 34.5 Å². The molecule has 1 unspecified atom stereocenters. The Kier molecular flexibility index (Phi) is 3.50. The second-order valence-electron chi connectivity index (χ2n) is 1.65. The highest BCUT2D eigenvalue weighted by molar-refractivity contribution is 7.86. The molecule has 0 heterocycles. The van der Waals surface area contributed by atoms with Gasteiger partial charge >= 0.3 is 11.2 Å². The molecule has 0 amide bonds. The van der Waals surface area contributed by atoms with Crippen molar-refractivity contribution < 1.29 is 27.3 Å². The van der Waals surface area contributed by atoms with Crippen molar-refractivity contribution in [3.8, 4) is 0 Å². The largest absolute Gasteiger partial charge is 0.481 e. The standard InChI is InChI=1S/C4H5F3O3S/c5-2-4(6,7)11(10)1-3(8)9/h1-2H2,(H,8,9). The van der Waals surface area contributed by atoms with Gasteiger partial charge in [-0.2, -0.15) is 8.78 Å². The van der Waals surface area contributed by atoms with Gasteiger partial charge in [-0.25, -0.2) is 4.39 Å². The molecule has 0 radical (unpaired) electrons. The Morgan fingerprint density at radius 3 is 2.27 bits per heavy atom. The van der Waals surface area contributed by atoms with Crippen molar-refractivity contribution in [1.29, 1.82) is 0 Å². The molecule has 0 aromatic carbocycles. The number of carbonyl (C=O) groups is 1. The van der Waals surface area contributed by atoms with E-state index in [2.05, 4.69) is 0 Å². The fourth-order valence-electron chi connectivity index (χ4n) is 0.279. The van der Waals surface area contributed by atoms with Gasteiger partial charge in [0.2, 0.25) is 0 Å². The summed E-state index contributed by atoms with van der Waals surface area (Å²) in [5, 5.41) is 3.85. The van der Waals surface area contributed by atoms with Gasteiger partial charge in [-0.15, -0.1) is 0 Å². The van der Waals surface area contributed by atoms with Gasteiger partial charge in [0.05, 0.1) is 0 Å². The van der Waals surface area contributed by atoms with Gasteiger partial charge < -0.3 is 5.11 Å². The molecule has 11 heavy (non-hydrogen) atoms. The number of aliphatic carboxylic acids is 1. The Morgan fingerprint density at radius 1 is 1.55 bits per heavy atom. The number of alkyl halides is 3. The van der Waals surface area contributed by atoms with Crippen molar-refractivity contribution in [3.05, 3.63) is 0 Å². The van der Waals surface area contributed by atoms with E-state index in [0.29, 0.717) is 0 Å². The van der Waals surface area contributed by atoms with Gasteiger partial charge in [0.25, 0.3) is 0 Å². The summed E-state index contributed by atoms with van der Waals surface area (Å²) in [4.78, 5) is 9.72. The van der Waals surface area contributed by atoms with Crippen LogP contribution in [0.5, 0.6) is 0 Å². The normalized spacial score (nSPS) is 14.5. The molecule has 0 saturated carbocycles. The minimum Gasteiger partial charge on any atom is -0.481 e. The zero-order valence-corrected chi connectivity index (χ0v) is 6.04. The van der Waals surface area contributed by atoms with Crippen LogP contribution in [-0.4, -0.2) is 33.0 Å². The molecule has 0 spiro atoms. The van der Waals surface area contributed by atoms with Crippen LogP contribution in [0.15, 0.2) is 0 Å². The quantitative estimate of drug-likeness (QED) is 0.697. The van der Waals surface area contributed by atoms with Gasteiger partial charge in [0.1, 0.15) is 16.6 Å². The molecular weight excluding hydrogens is 185 g/mol. The third-order valence-corrected chi connectivity index (χ3v) is 2.03. The number of hydrogen-bond donors (Lipinski definition) is 1. The molecule has 7 heteroatoms. The molecule has 0 rings (SSSR count). The molecule has 0 bridgehead atoms. The summed E-state index contributed by atoms with van der Waals surface area (Å²) in [7, 11) is -2.97. The zero-order valence-electron chi connectivity index (χ0n) is 5.22. The number of hydrogen-bond acceptors (Lipinski definition) is 2. The van der Waals surface area contributed by atoms with Gasteiger partial charge in [0, 0.05) is 0 Å². The Balaban J connectivity index is 4.13. The van der Waals surface area contributed by atoms with E-state index in [4.69, 9.17) is 5.11 Å². The minimum absolute atomic E-state index is 1.24. The molecule has 0 aliphatic rings. The lowest BCUT2D eigenvalue weighted by Crippen LogP contribution is -2.30. The molecular formula is C4H5F3O3S. The Bertz CT molecular complexity index is 181. The van der Waals surface area contributed by atoms with E-state index >= 15 is 0 Å². The van der Waals surface area contributed by atoms with Crippen LogP contribution in [0.4, 0.5) is 13.2 Å². The fourth-order valence-corrected chi connectivity index (χ4v) is 0.836. The molecule has 66 valence electrons. The molecule has 0 aliphatic carbocycles. The van der Waals surface area contributed by atoms with Crippen LogP contribution in [0, 0.1) is 0 Å². The van der Waals surface area contributed by atoms with Crippen molar-refractivity contribution in [2.45, 2.75) is 5.25 Å². The number of carboxylic acids is 1. The van der Waals surface area contributed by atoms with Crippen LogP contribution in [0.2, 0.25) is 0 Å². The van der Waals surface area contributed by atoms with Crippen molar-refractivity contribution in [1.82, 2.24) is 0 Å². The molecule has 0 aromatic rings. The summed E-state index contributed by atoms with van der Waals surface area (Å²) in [5.74, 6) is -2.88. The van der Waals surface area contributed by atoms with Crippen LogP contribution >= 0.6 is 0 Å². The first kappa shape index (κ1) is 10.4. The number of halogens is 3. The Morgan fingerprint density at radius 2 is 2.00 bits per heavy atom. The highest BCUT2D eigenvalue weighted by Crippen LogP contribution is 2.18. The lowest BCUT2D eigenvalue weighted by atomic mass is 10.8. The van der Waals surface area contributed by atoms with Gasteiger partial charge in [-0.1, -0.05) is 0 Å². The average Bonchev–Trinajstić information content (AvgIpc) is 1.86. The first-order valence-corrected chi connectivity index (χ1v) is 3.76.